The molecular weight excluding hydrogens is 330 g/mol. The van der Waals surface area contributed by atoms with Gasteiger partial charge in [-0.15, -0.1) is 0 Å². The Hall–Kier alpha value is -0.580. The van der Waals surface area contributed by atoms with Gasteiger partial charge in [0.15, 0.2) is 0 Å². The van der Waals surface area contributed by atoms with E-state index in [4.69, 9.17) is 16.7 Å². The lowest BCUT2D eigenvalue weighted by atomic mass is 9.86. The standard InChI is InChI=1S/C14H17BrClNO2/c15-12-7-9(1-6-13(12)16)8-17-11-4-2-10(3-5-11)14(18)19/h1,6-7,10-11,17H,2-5,8H2,(H,18,19). The van der Waals surface area contributed by atoms with Crippen molar-refractivity contribution in [2.45, 2.75) is 38.3 Å². The average Bonchev–Trinajstić information content (AvgIpc) is 2.40. The number of aliphatic carboxylic acids is 1. The van der Waals surface area contributed by atoms with Crippen LogP contribution in [0.3, 0.4) is 0 Å². The minimum atomic E-state index is -0.653. The Morgan fingerprint density at radius 1 is 1.37 bits per heavy atom. The Morgan fingerprint density at radius 2 is 2.05 bits per heavy atom. The zero-order chi connectivity index (χ0) is 13.8. The van der Waals surface area contributed by atoms with E-state index in [9.17, 15) is 4.79 Å². The maximum atomic E-state index is 10.9. The van der Waals surface area contributed by atoms with E-state index in [-0.39, 0.29) is 5.92 Å². The van der Waals surface area contributed by atoms with Crippen LogP contribution in [0.1, 0.15) is 31.2 Å². The third-order valence-corrected chi connectivity index (χ3v) is 4.87. The summed E-state index contributed by atoms with van der Waals surface area (Å²) < 4.78 is 0.906. The quantitative estimate of drug-likeness (QED) is 0.871. The van der Waals surface area contributed by atoms with Crippen molar-refractivity contribution in [1.82, 2.24) is 5.32 Å². The monoisotopic (exact) mass is 345 g/mol. The van der Waals surface area contributed by atoms with Crippen molar-refractivity contribution in [2.75, 3.05) is 0 Å². The molecule has 0 bridgehead atoms. The molecule has 1 fully saturated rings. The van der Waals surface area contributed by atoms with Gasteiger partial charge >= 0.3 is 5.97 Å². The van der Waals surface area contributed by atoms with Crippen LogP contribution in [-0.4, -0.2) is 17.1 Å². The molecule has 2 N–H and O–H groups in total. The van der Waals surface area contributed by atoms with Gasteiger partial charge in [0, 0.05) is 17.1 Å². The van der Waals surface area contributed by atoms with Gasteiger partial charge in [0.2, 0.25) is 0 Å². The SMILES string of the molecule is O=C(O)C1CCC(NCc2ccc(Cl)c(Br)c2)CC1. The van der Waals surface area contributed by atoms with Crippen molar-refractivity contribution < 1.29 is 9.90 Å². The topological polar surface area (TPSA) is 49.3 Å². The molecule has 1 aromatic rings. The lowest BCUT2D eigenvalue weighted by molar-refractivity contribution is -0.142. The molecule has 3 nitrogen and oxygen atoms in total. The Labute approximate surface area is 126 Å². The van der Waals surface area contributed by atoms with Crippen LogP contribution in [0.15, 0.2) is 22.7 Å². The summed E-state index contributed by atoms with van der Waals surface area (Å²) >= 11 is 9.36. The van der Waals surface area contributed by atoms with Gasteiger partial charge < -0.3 is 10.4 Å². The molecular formula is C14H17BrClNO2. The smallest absolute Gasteiger partial charge is 0.306 e. The molecule has 5 heteroatoms. The van der Waals surface area contributed by atoms with Crippen LogP contribution in [0.2, 0.25) is 5.02 Å². The highest BCUT2D eigenvalue weighted by atomic mass is 79.9. The van der Waals surface area contributed by atoms with E-state index in [2.05, 4.69) is 21.2 Å². The van der Waals surface area contributed by atoms with Crippen LogP contribution in [0.5, 0.6) is 0 Å². The molecule has 2 rings (SSSR count). The Balaban J connectivity index is 1.80. The van der Waals surface area contributed by atoms with Crippen molar-refractivity contribution in [2.24, 2.45) is 5.92 Å². The maximum Gasteiger partial charge on any atom is 0.306 e. The first-order valence-electron chi connectivity index (χ1n) is 6.46. The second kappa shape index (κ2) is 6.73. The van der Waals surface area contributed by atoms with E-state index < -0.39 is 5.97 Å². The molecule has 0 aliphatic heterocycles. The zero-order valence-electron chi connectivity index (χ0n) is 10.5. The highest BCUT2D eigenvalue weighted by Crippen LogP contribution is 2.26. The number of hydrogen-bond donors (Lipinski definition) is 2. The van der Waals surface area contributed by atoms with E-state index in [1.165, 1.54) is 5.56 Å². The van der Waals surface area contributed by atoms with Crippen LogP contribution < -0.4 is 5.32 Å². The fourth-order valence-electron chi connectivity index (χ4n) is 2.46. The fraction of sp³-hybridized carbons (Fsp3) is 0.500. The normalized spacial score (nSPS) is 23.3. The van der Waals surface area contributed by atoms with Crippen molar-refractivity contribution in [3.63, 3.8) is 0 Å². The van der Waals surface area contributed by atoms with E-state index in [1.54, 1.807) is 0 Å². The number of rotatable bonds is 4. The van der Waals surface area contributed by atoms with Crippen molar-refractivity contribution in [1.29, 1.82) is 0 Å². The first-order valence-corrected chi connectivity index (χ1v) is 7.63. The molecule has 0 aromatic heterocycles. The molecule has 1 aliphatic carbocycles. The van der Waals surface area contributed by atoms with E-state index in [1.807, 2.05) is 18.2 Å². The molecule has 0 atom stereocenters. The van der Waals surface area contributed by atoms with Crippen LogP contribution in [0, 0.1) is 5.92 Å². The van der Waals surface area contributed by atoms with Gasteiger partial charge in [-0.2, -0.15) is 0 Å². The number of carboxylic acid groups (broad SMARTS) is 1. The minimum Gasteiger partial charge on any atom is -0.481 e. The third-order valence-electron chi connectivity index (χ3n) is 3.66. The molecule has 0 radical (unpaired) electrons. The van der Waals surface area contributed by atoms with Crippen LogP contribution in [0.25, 0.3) is 0 Å². The molecule has 0 spiro atoms. The summed E-state index contributed by atoms with van der Waals surface area (Å²) in [5.41, 5.74) is 1.18. The summed E-state index contributed by atoms with van der Waals surface area (Å²) in [7, 11) is 0. The summed E-state index contributed by atoms with van der Waals surface area (Å²) in [6.07, 6.45) is 3.42. The lowest BCUT2D eigenvalue weighted by Crippen LogP contribution is -2.34. The molecule has 0 heterocycles. The van der Waals surface area contributed by atoms with Gasteiger partial charge in [-0.05, 0) is 59.3 Å². The van der Waals surface area contributed by atoms with Gasteiger partial charge in [0.25, 0.3) is 0 Å². The summed E-state index contributed by atoms with van der Waals surface area (Å²) in [5, 5.41) is 13.2. The van der Waals surface area contributed by atoms with Crippen molar-refractivity contribution >= 4 is 33.5 Å². The second-order valence-corrected chi connectivity index (χ2v) is 6.28. The summed E-state index contributed by atoms with van der Waals surface area (Å²) in [6.45, 7) is 0.790. The number of nitrogens with one attached hydrogen (secondary N) is 1. The molecule has 0 saturated heterocycles. The van der Waals surface area contributed by atoms with Crippen molar-refractivity contribution in [3.05, 3.63) is 33.3 Å². The molecule has 1 saturated carbocycles. The molecule has 0 amide bonds. The number of benzene rings is 1. The highest BCUT2D eigenvalue weighted by Gasteiger charge is 2.25. The first kappa shape index (κ1) is 14.8. The Kier molecular flexibility index (Phi) is 5.25. The molecule has 1 aromatic carbocycles. The molecule has 0 unspecified atom stereocenters. The lowest BCUT2D eigenvalue weighted by Gasteiger charge is -2.27. The predicted molar refractivity (Wildman–Crippen MR) is 79.4 cm³/mol. The van der Waals surface area contributed by atoms with Crippen LogP contribution in [0.4, 0.5) is 0 Å². The zero-order valence-corrected chi connectivity index (χ0v) is 12.9. The molecule has 104 valence electrons. The number of carbonyl (C=O) groups is 1. The fourth-order valence-corrected chi connectivity index (χ4v) is 3.00. The molecule has 19 heavy (non-hydrogen) atoms. The minimum absolute atomic E-state index is 0.150. The number of carboxylic acids is 1. The van der Waals surface area contributed by atoms with E-state index in [0.29, 0.717) is 11.1 Å². The van der Waals surface area contributed by atoms with E-state index >= 15 is 0 Å². The predicted octanol–water partition coefficient (Wildman–Crippen LogP) is 3.84. The summed E-state index contributed by atoms with van der Waals surface area (Å²) in [4.78, 5) is 10.9. The Morgan fingerprint density at radius 3 is 2.63 bits per heavy atom. The summed E-state index contributed by atoms with van der Waals surface area (Å²) in [6, 6.07) is 6.32. The maximum absolute atomic E-state index is 10.9. The summed E-state index contributed by atoms with van der Waals surface area (Å²) in [5.74, 6) is -0.803. The van der Waals surface area contributed by atoms with Crippen LogP contribution in [-0.2, 0) is 11.3 Å². The van der Waals surface area contributed by atoms with Gasteiger partial charge in [-0.3, -0.25) is 4.79 Å². The van der Waals surface area contributed by atoms with Crippen molar-refractivity contribution in [3.8, 4) is 0 Å². The van der Waals surface area contributed by atoms with Gasteiger partial charge in [0.05, 0.1) is 10.9 Å². The largest absolute Gasteiger partial charge is 0.481 e. The van der Waals surface area contributed by atoms with E-state index in [0.717, 1.165) is 36.7 Å². The second-order valence-electron chi connectivity index (χ2n) is 5.02. The Bertz CT molecular complexity index is 459. The van der Waals surface area contributed by atoms with Crippen LogP contribution >= 0.6 is 27.5 Å². The highest BCUT2D eigenvalue weighted by molar-refractivity contribution is 9.10. The average molecular weight is 347 g/mol. The third kappa shape index (κ3) is 4.20. The van der Waals surface area contributed by atoms with Gasteiger partial charge in [-0.25, -0.2) is 0 Å². The first-order chi connectivity index (χ1) is 9.06. The van der Waals surface area contributed by atoms with Gasteiger partial charge in [-0.1, -0.05) is 17.7 Å². The van der Waals surface area contributed by atoms with Gasteiger partial charge in [0.1, 0.15) is 0 Å². The molecule has 1 aliphatic rings. The number of hydrogen-bond acceptors (Lipinski definition) is 2. The number of halogens is 2.